The van der Waals surface area contributed by atoms with Gasteiger partial charge in [0.2, 0.25) is 10.0 Å². The third-order valence-corrected chi connectivity index (χ3v) is 5.08. The van der Waals surface area contributed by atoms with Gasteiger partial charge in [0.15, 0.2) is 0 Å². The summed E-state index contributed by atoms with van der Waals surface area (Å²) < 4.78 is 26.8. The van der Waals surface area contributed by atoms with Gasteiger partial charge in [-0.2, -0.15) is 0 Å². The minimum absolute atomic E-state index is 0.00926. The van der Waals surface area contributed by atoms with E-state index < -0.39 is 10.0 Å². The van der Waals surface area contributed by atoms with Gasteiger partial charge in [0, 0.05) is 18.3 Å². The Morgan fingerprint density at radius 2 is 1.79 bits per heavy atom. The first-order valence-corrected chi connectivity index (χ1v) is 7.79. The lowest BCUT2D eigenvalue weighted by Gasteiger charge is -2.20. The molecule has 0 aliphatic rings. The summed E-state index contributed by atoms with van der Waals surface area (Å²) in [7, 11) is -0.0366. The second kappa shape index (κ2) is 6.28. The van der Waals surface area contributed by atoms with Crippen LogP contribution in [0.4, 0.5) is 5.69 Å². The van der Waals surface area contributed by atoms with Crippen molar-refractivity contribution in [2.45, 2.75) is 17.9 Å². The molecule has 1 aromatic carbocycles. The zero-order chi connectivity index (χ0) is 14.8. The van der Waals surface area contributed by atoms with Gasteiger partial charge >= 0.3 is 0 Å². The quantitative estimate of drug-likeness (QED) is 0.809. The van der Waals surface area contributed by atoms with Crippen LogP contribution >= 0.6 is 23.2 Å². The van der Waals surface area contributed by atoms with Crippen molar-refractivity contribution < 1.29 is 8.42 Å². The number of nitrogens with two attached hydrogens (primary N) is 1. The molecule has 0 spiro atoms. The molecule has 1 rings (SSSR count). The predicted octanol–water partition coefficient (Wildman–Crippen LogP) is 1.80. The van der Waals surface area contributed by atoms with Crippen LogP contribution in [0, 0.1) is 0 Å². The van der Waals surface area contributed by atoms with Crippen molar-refractivity contribution in [3.63, 3.8) is 0 Å². The highest BCUT2D eigenvalue weighted by Gasteiger charge is 2.23. The number of hydrogen-bond donors (Lipinski definition) is 2. The number of halogens is 2. The second-order valence-electron chi connectivity index (χ2n) is 4.48. The summed E-state index contributed by atoms with van der Waals surface area (Å²) in [6.45, 7) is 2.15. The molecule has 1 unspecified atom stereocenters. The van der Waals surface area contributed by atoms with Crippen molar-refractivity contribution in [1.82, 2.24) is 9.62 Å². The molecular weight excluding hydrogens is 309 g/mol. The molecule has 0 bridgehead atoms. The van der Waals surface area contributed by atoms with Crippen LogP contribution in [-0.4, -0.2) is 40.0 Å². The monoisotopic (exact) mass is 325 g/mol. The summed E-state index contributed by atoms with van der Waals surface area (Å²) in [6.07, 6.45) is 0. The molecule has 0 fully saturated rings. The van der Waals surface area contributed by atoms with Crippen molar-refractivity contribution in [3.05, 3.63) is 22.2 Å². The zero-order valence-corrected chi connectivity index (χ0v) is 13.3. The molecule has 0 aromatic heterocycles. The van der Waals surface area contributed by atoms with E-state index in [-0.39, 0.29) is 27.5 Å². The van der Waals surface area contributed by atoms with Crippen LogP contribution in [-0.2, 0) is 10.0 Å². The van der Waals surface area contributed by atoms with Gasteiger partial charge in [-0.05, 0) is 33.2 Å². The summed E-state index contributed by atoms with van der Waals surface area (Å²) in [5.41, 5.74) is 5.86. The molecule has 0 aliphatic carbocycles. The molecule has 108 valence electrons. The maximum absolute atomic E-state index is 12.2. The Bertz CT molecular complexity index is 538. The standard InChI is InChI=1S/C11H17Cl2N3O2S/c1-7(16(2)3)6-15-19(17,18)11-9(12)4-8(14)5-10(11)13/h4-5,7,15H,6,14H2,1-3H3. The zero-order valence-electron chi connectivity index (χ0n) is 10.9. The van der Waals surface area contributed by atoms with Crippen LogP contribution in [0.15, 0.2) is 17.0 Å². The maximum atomic E-state index is 12.2. The third kappa shape index (κ3) is 4.22. The molecule has 19 heavy (non-hydrogen) atoms. The van der Waals surface area contributed by atoms with E-state index >= 15 is 0 Å². The number of hydrogen-bond acceptors (Lipinski definition) is 4. The highest BCUT2D eigenvalue weighted by atomic mass is 35.5. The third-order valence-electron chi connectivity index (χ3n) is 2.74. The van der Waals surface area contributed by atoms with Crippen LogP contribution in [0.5, 0.6) is 0 Å². The SMILES string of the molecule is CC(CNS(=O)(=O)c1c(Cl)cc(N)cc1Cl)N(C)C. The Morgan fingerprint density at radius 1 is 1.32 bits per heavy atom. The highest BCUT2D eigenvalue weighted by Crippen LogP contribution is 2.31. The fourth-order valence-corrected chi connectivity index (χ4v) is 3.67. The van der Waals surface area contributed by atoms with Crippen molar-refractivity contribution in [1.29, 1.82) is 0 Å². The molecule has 0 amide bonds. The normalized spacial score (nSPS) is 13.8. The van der Waals surface area contributed by atoms with Crippen LogP contribution in [0.1, 0.15) is 6.92 Å². The topological polar surface area (TPSA) is 75.4 Å². The van der Waals surface area contributed by atoms with E-state index in [9.17, 15) is 8.42 Å². The van der Waals surface area contributed by atoms with Gasteiger partial charge in [0.1, 0.15) is 4.90 Å². The number of nitrogens with one attached hydrogen (secondary N) is 1. The minimum atomic E-state index is -3.76. The first-order chi connectivity index (χ1) is 8.65. The average molecular weight is 326 g/mol. The average Bonchev–Trinajstić information content (AvgIpc) is 2.23. The number of sulfonamides is 1. The van der Waals surface area contributed by atoms with Gasteiger partial charge in [-0.25, -0.2) is 13.1 Å². The first-order valence-electron chi connectivity index (χ1n) is 5.55. The number of anilines is 1. The van der Waals surface area contributed by atoms with Crippen molar-refractivity contribution in [2.75, 3.05) is 26.4 Å². The number of nitrogens with zero attached hydrogens (tertiary/aromatic N) is 1. The number of likely N-dealkylation sites (N-methyl/N-ethyl adjacent to an activating group) is 1. The largest absolute Gasteiger partial charge is 0.399 e. The van der Waals surface area contributed by atoms with E-state index in [1.807, 2.05) is 25.9 Å². The molecule has 1 atom stereocenters. The van der Waals surface area contributed by atoms with Gasteiger partial charge < -0.3 is 10.6 Å². The van der Waals surface area contributed by atoms with Gasteiger partial charge in [0.05, 0.1) is 10.0 Å². The Balaban J connectivity index is 3.02. The van der Waals surface area contributed by atoms with Crippen molar-refractivity contribution in [3.8, 4) is 0 Å². The molecule has 0 radical (unpaired) electrons. The Hall–Kier alpha value is -0.530. The van der Waals surface area contributed by atoms with Gasteiger partial charge in [-0.1, -0.05) is 23.2 Å². The molecule has 1 aromatic rings. The summed E-state index contributed by atoms with van der Waals surface area (Å²) >= 11 is 11.8. The van der Waals surface area contributed by atoms with Gasteiger partial charge in [-0.15, -0.1) is 0 Å². The maximum Gasteiger partial charge on any atom is 0.243 e. The summed E-state index contributed by atoms with van der Waals surface area (Å²) in [4.78, 5) is 1.75. The predicted molar refractivity (Wildman–Crippen MR) is 79.2 cm³/mol. The lowest BCUT2D eigenvalue weighted by atomic mass is 10.3. The molecule has 0 saturated heterocycles. The van der Waals surface area contributed by atoms with Gasteiger partial charge in [-0.3, -0.25) is 0 Å². The molecule has 3 N–H and O–H groups in total. The fourth-order valence-electron chi connectivity index (χ4n) is 1.32. The minimum Gasteiger partial charge on any atom is -0.399 e. The Morgan fingerprint density at radius 3 is 2.21 bits per heavy atom. The molecule has 0 heterocycles. The van der Waals surface area contributed by atoms with Crippen LogP contribution in [0.25, 0.3) is 0 Å². The van der Waals surface area contributed by atoms with Gasteiger partial charge in [0.25, 0.3) is 0 Å². The van der Waals surface area contributed by atoms with E-state index in [4.69, 9.17) is 28.9 Å². The number of nitrogen functional groups attached to an aromatic ring is 1. The highest BCUT2D eigenvalue weighted by molar-refractivity contribution is 7.89. The smallest absolute Gasteiger partial charge is 0.243 e. The number of rotatable bonds is 5. The lowest BCUT2D eigenvalue weighted by molar-refractivity contribution is 0.314. The van der Waals surface area contributed by atoms with Crippen molar-refractivity contribution in [2.24, 2.45) is 0 Å². The second-order valence-corrected chi connectivity index (χ2v) is 7.00. The Kier molecular flexibility index (Phi) is 5.46. The van der Waals surface area contributed by atoms with E-state index in [0.717, 1.165) is 0 Å². The summed E-state index contributed by atoms with van der Waals surface area (Å²) in [5, 5.41) is 0.0185. The number of benzene rings is 1. The molecule has 0 saturated carbocycles. The van der Waals surface area contributed by atoms with Crippen LogP contribution in [0.2, 0.25) is 10.0 Å². The van der Waals surface area contributed by atoms with E-state index in [1.165, 1.54) is 12.1 Å². The van der Waals surface area contributed by atoms with E-state index in [0.29, 0.717) is 5.69 Å². The Labute approximate surface area is 123 Å². The first kappa shape index (κ1) is 16.5. The lowest BCUT2D eigenvalue weighted by Crippen LogP contribution is -2.38. The molecule has 0 aliphatic heterocycles. The summed E-state index contributed by atoms with van der Waals surface area (Å²) in [5.74, 6) is 0. The molecule has 8 heteroatoms. The summed E-state index contributed by atoms with van der Waals surface area (Å²) in [6, 6.07) is 2.76. The van der Waals surface area contributed by atoms with Crippen molar-refractivity contribution >= 4 is 38.9 Å². The molecular formula is C11H17Cl2N3O2S. The van der Waals surface area contributed by atoms with E-state index in [1.54, 1.807) is 0 Å². The van der Waals surface area contributed by atoms with Crippen LogP contribution in [0.3, 0.4) is 0 Å². The van der Waals surface area contributed by atoms with Crippen LogP contribution < -0.4 is 10.5 Å². The fraction of sp³-hybridized carbons (Fsp3) is 0.455. The van der Waals surface area contributed by atoms with E-state index in [2.05, 4.69) is 4.72 Å². The molecule has 5 nitrogen and oxygen atoms in total.